The summed E-state index contributed by atoms with van der Waals surface area (Å²) in [6, 6.07) is 0. The summed E-state index contributed by atoms with van der Waals surface area (Å²) in [6.45, 7) is 6.56. The van der Waals surface area contributed by atoms with E-state index in [0.717, 1.165) is 19.6 Å². The molecule has 0 radical (unpaired) electrons. The Bertz CT molecular complexity index is 295. The number of nitrogens with one attached hydrogen (secondary N) is 1. The number of unbranched alkanes of at least 4 members (excludes halogenated alkanes) is 2. The van der Waals surface area contributed by atoms with Crippen molar-refractivity contribution in [3.8, 4) is 0 Å². The molecule has 0 saturated heterocycles. The highest BCUT2D eigenvalue weighted by atomic mass is 15.2. The molecule has 0 amide bonds. The molecule has 17 heavy (non-hydrogen) atoms. The van der Waals surface area contributed by atoms with Gasteiger partial charge in [-0.05, 0) is 39.5 Å². The number of hydrogen-bond donors (Lipinski definition) is 1. The maximum absolute atomic E-state index is 4.18. The fourth-order valence-corrected chi connectivity index (χ4v) is 1.93. The first kappa shape index (κ1) is 14.2. The van der Waals surface area contributed by atoms with Crippen molar-refractivity contribution in [2.75, 3.05) is 26.7 Å². The predicted octanol–water partition coefficient (Wildman–Crippen LogP) is 1.63. The number of nitrogens with zero attached hydrogens (tertiary/aromatic N) is 3. The molecular formula is C13H26N4. The highest BCUT2D eigenvalue weighted by Crippen LogP contribution is 2.03. The zero-order valence-corrected chi connectivity index (χ0v) is 11.4. The van der Waals surface area contributed by atoms with Crippen molar-refractivity contribution in [3.05, 3.63) is 18.0 Å². The second kappa shape index (κ2) is 8.25. The first-order valence-electron chi connectivity index (χ1n) is 6.59. The van der Waals surface area contributed by atoms with Gasteiger partial charge in [-0.25, -0.2) is 0 Å². The molecule has 0 fully saturated rings. The summed E-state index contributed by atoms with van der Waals surface area (Å²) in [7, 11) is 4.14. The Balaban J connectivity index is 2.03. The van der Waals surface area contributed by atoms with E-state index in [2.05, 4.69) is 35.5 Å². The Morgan fingerprint density at radius 1 is 1.35 bits per heavy atom. The van der Waals surface area contributed by atoms with Crippen molar-refractivity contribution >= 4 is 0 Å². The van der Waals surface area contributed by atoms with Crippen LogP contribution in [-0.2, 0) is 13.6 Å². The lowest BCUT2D eigenvalue weighted by molar-refractivity contribution is 0.317. The van der Waals surface area contributed by atoms with Gasteiger partial charge in [-0.3, -0.25) is 4.68 Å². The molecule has 1 N–H and O–H groups in total. The van der Waals surface area contributed by atoms with Crippen LogP contribution in [0.4, 0.5) is 0 Å². The van der Waals surface area contributed by atoms with E-state index in [4.69, 9.17) is 0 Å². The zero-order valence-electron chi connectivity index (χ0n) is 11.4. The Labute approximate surface area is 105 Å². The summed E-state index contributed by atoms with van der Waals surface area (Å²) in [5, 5.41) is 7.54. The van der Waals surface area contributed by atoms with E-state index in [9.17, 15) is 0 Å². The topological polar surface area (TPSA) is 33.1 Å². The fourth-order valence-electron chi connectivity index (χ4n) is 1.93. The lowest BCUT2D eigenvalue weighted by Gasteiger charge is -2.15. The summed E-state index contributed by atoms with van der Waals surface area (Å²) in [5.41, 5.74) is 1.29. The van der Waals surface area contributed by atoms with Crippen LogP contribution in [0.15, 0.2) is 12.4 Å². The molecule has 0 atom stereocenters. The molecule has 1 aromatic rings. The molecule has 4 heteroatoms. The van der Waals surface area contributed by atoms with Crippen LogP contribution >= 0.6 is 0 Å². The molecule has 0 spiro atoms. The number of aryl methyl sites for hydroxylation is 1. The lowest BCUT2D eigenvalue weighted by Crippen LogP contribution is -2.19. The lowest BCUT2D eigenvalue weighted by atomic mass is 10.2. The minimum Gasteiger partial charge on any atom is -0.317 e. The first-order chi connectivity index (χ1) is 8.22. The van der Waals surface area contributed by atoms with Crippen LogP contribution < -0.4 is 5.32 Å². The third-order valence-electron chi connectivity index (χ3n) is 2.85. The summed E-state index contributed by atoms with van der Waals surface area (Å²) in [5.74, 6) is 0. The van der Waals surface area contributed by atoms with Crippen LogP contribution in [0.5, 0.6) is 0 Å². The third-order valence-corrected chi connectivity index (χ3v) is 2.85. The van der Waals surface area contributed by atoms with Gasteiger partial charge in [-0.2, -0.15) is 5.10 Å². The molecule has 0 unspecified atom stereocenters. The molecule has 1 aromatic heterocycles. The Kier molecular flexibility index (Phi) is 6.89. The van der Waals surface area contributed by atoms with Crippen molar-refractivity contribution in [2.24, 2.45) is 7.05 Å². The minimum atomic E-state index is 1.00. The average molecular weight is 238 g/mol. The minimum absolute atomic E-state index is 1.00. The quantitative estimate of drug-likeness (QED) is 0.664. The highest BCUT2D eigenvalue weighted by Gasteiger charge is 2.01. The number of aromatic nitrogens is 2. The maximum atomic E-state index is 4.18. The maximum Gasteiger partial charge on any atom is 0.0534 e. The second-order valence-electron chi connectivity index (χ2n) is 4.67. The average Bonchev–Trinajstić information content (AvgIpc) is 2.69. The standard InChI is InChI=1S/C13H26N4/c1-4-14-8-6-5-7-9-16(2)11-13-10-15-17(3)12-13/h10,12,14H,4-9,11H2,1-3H3. The normalized spacial score (nSPS) is 11.3. The first-order valence-corrected chi connectivity index (χ1v) is 6.59. The van der Waals surface area contributed by atoms with Crippen LogP contribution in [0.3, 0.4) is 0 Å². The summed E-state index contributed by atoms with van der Waals surface area (Å²) < 4.78 is 1.86. The highest BCUT2D eigenvalue weighted by molar-refractivity contribution is 5.02. The second-order valence-corrected chi connectivity index (χ2v) is 4.67. The van der Waals surface area contributed by atoms with E-state index in [1.807, 2.05) is 17.9 Å². The molecular weight excluding hydrogens is 212 g/mol. The molecule has 0 aliphatic rings. The molecule has 1 heterocycles. The third kappa shape index (κ3) is 6.44. The molecule has 0 bridgehead atoms. The zero-order chi connectivity index (χ0) is 12.5. The van der Waals surface area contributed by atoms with Gasteiger partial charge in [0.05, 0.1) is 6.20 Å². The van der Waals surface area contributed by atoms with Crippen molar-refractivity contribution in [1.29, 1.82) is 0 Å². The van der Waals surface area contributed by atoms with Gasteiger partial charge in [0.1, 0.15) is 0 Å². The number of hydrogen-bond acceptors (Lipinski definition) is 3. The van der Waals surface area contributed by atoms with Gasteiger partial charge in [0.2, 0.25) is 0 Å². The van der Waals surface area contributed by atoms with Crippen LogP contribution in [-0.4, -0.2) is 41.4 Å². The van der Waals surface area contributed by atoms with Gasteiger partial charge in [0.15, 0.2) is 0 Å². The van der Waals surface area contributed by atoms with E-state index in [1.165, 1.54) is 31.4 Å². The van der Waals surface area contributed by atoms with Crippen LogP contribution in [0, 0.1) is 0 Å². The molecule has 0 saturated carbocycles. The van der Waals surface area contributed by atoms with E-state index in [-0.39, 0.29) is 0 Å². The van der Waals surface area contributed by atoms with Crippen molar-refractivity contribution < 1.29 is 0 Å². The van der Waals surface area contributed by atoms with Crippen LogP contribution in [0.25, 0.3) is 0 Å². The molecule has 98 valence electrons. The molecule has 4 nitrogen and oxygen atoms in total. The van der Waals surface area contributed by atoms with E-state index in [0.29, 0.717) is 0 Å². The SMILES string of the molecule is CCNCCCCCN(C)Cc1cnn(C)c1. The Morgan fingerprint density at radius 3 is 2.82 bits per heavy atom. The van der Waals surface area contributed by atoms with Gasteiger partial charge in [0.25, 0.3) is 0 Å². The van der Waals surface area contributed by atoms with Gasteiger partial charge in [-0.15, -0.1) is 0 Å². The monoisotopic (exact) mass is 238 g/mol. The van der Waals surface area contributed by atoms with E-state index < -0.39 is 0 Å². The molecule has 1 rings (SSSR count). The summed E-state index contributed by atoms with van der Waals surface area (Å²) in [4.78, 5) is 2.37. The van der Waals surface area contributed by atoms with Crippen molar-refractivity contribution in [2.45, 2.75) is 32.7 Å². The fraction of sp³-hybridized carbons (Fsp3) is 0.769. The van der Waals surface area contributed by atoms with Crippen molar-refractivity contribution in [1.82, 2.24) is 20.0 Å². The van der Waals surface area contributed by atoms with Crippen LogP contribution in [0.2, 0.25) is 0 Å². The van der Waals surface area contributed by atoms with Gasteiger partial charge >= 0.3 is 0 Å². The van der Waals surface area contributed by atoms with Crippen molar-refractivity contribution in [3.63, 3.8) is 0 Å². The largest absolute Gasteiger partial charge is 0.317 e. The molecule has 0 aliphatic heterocycles. The molecule has 0 aromatic carbocycles. The van der Waals surface area contributed by atoms with E-state index in [1.54, 1.807) is 0 Å². The predicted molar refractivity (Wildman–Crippen MR) is 71.9 cm³/mol. The van der Waals surface area contributed by atoms with Gasteiger partial charge in [0, 0.05) is 25.4 Å². The Hall–Kier alpha value is -0.870. The molecule has 0 aliphatic carbocycles. The summed E-state index contributed by atoms with van der Waals surface area (Å²) in [6.07, 6.45) is 7.91. The smallest absolute Gasteiger partial charge is 0.0534 e. The van der Waals surface area contributed by atoms with Crippen LogP contribution in [0.1, 0.15) is 31.7 Å². The number of rotatable bonds is 9. The van der Waals surface area contributed by atoms with E-state index >= 15 is 0 Å². The summed E-state index contributed by atoms with van der Waals surface area (Å²) >= 11 is 0. The van der Waals surface area contributed by atoms with Gasteiger partial charge < -0.3 is 10.2 Å². The van der Waals surface area contributed by atoms with Gasteiger partial charge in [-0.1, -0.05) is 13.3 Å². The Morgan fingerprint density at radius 2 is 2.18 bits per heavy atom.